The van der Waals surface area contributed by atoms with Crippen molar-refractivity contribution in [3.8, 4) is 0 Å². The number of rotatable bonds is 5. The minimum absolute atomic E-state index is 0.357. The normalized spacial score (nSPS) is 21.4. The third-order valence-corrected chi connectivity index (χ3v) is 4.19. The van der Waals surface area contributed by atoms with Crippen LogP contribution < -0.4 is 10.2 Å². The molecular weight excluding hydrogens is 236 g/mol. The zero-order valence-electron chi connectivity index (χ0n) is 11.8. The van der Waals surface area contributed by atoms with E-state index in [0.29, 0.717) is 5.41 Å². The van der Waals surface area contributed by atoms with Crippen LogP contribution in [0.2, 0.25) is 0 Å². The molecule has 19 heavy (non-hydrogen) atoms. The van der Waals surface area contributed by atoms with Gasteiger partial charge < -0.3 is 15.0 Å². The number of hydrogen-bond donors (Lipinski definition) is 1. The highest BCUT2D eigenvalue weighted by Gasteiger charge is 2.32. The fourth-order valence-corrected chi connectivity index (χ4v) is 2.86. The number of ether oxygens (including phenoxy) is 1. The van der Waals surface area contributed by atoms with Gasteiger partial charge in [0, 0.05) is 37.3 Å². The Balaban J connectivity index is 1.48. The van der Waals surface area contributed by atoms with Crippen LogP contribution in [0.4, 0.5) is 5.69 Å². The molecule has 3 heteroatoms. The van der Waals surface area contributed by atoms with Crippen molar-refractivity contribution in [3.63, 3.8) is 0 Å². The summed E-state index contributed by atoms with van der Waals surface area (Å²) in [6, 6.07) is 9.02. The monoisotopic (exact) mass is 260 g/mol. The molecule has 0 spiro atoms. The Labute approximate surface area is 115 Å². The fourth-order valence-electron chi connectivity index (χ4n) is 2.86. The summed E-state index contributed by atoms with van der Waals surface area (Å²) in [5, 5.41) is 3.54. The standard InChI is InChI=1S/C16H24N2O/c1-16(12-19-13-16)11-17-10-14-4-6-15(7-5-14)18-8-2-3-9-18/h4-7,17H,2-3,8-13H2,1H3. The molecule has 0 aliphatic carbocycles. The van der Waals surface area contributed by atoms with Crippen molar-refractivity contribution in [1.29, 1.82) is 0 Å². The molecule has 2 fully saturated rings. The van der Waals surface area contributed by atoms with Gasteiger partial charge in [0.15, 0.2) is 0 Å². The van der Waals surface area contributed by atoms with Gasteiger partial charge >= 0.3 is 0 Å². The highest BCUT2D eigenvalue weighted by atomic mass is 16.5. The van der Waals surface area contributed by atoms with E-state index in [1.165, 1.54) is 37.2 Å². The predicted molar refractivity (Wildman–Crippen MR) is 78.5 cm³/mol. The van der Waals surface area contributed by atoms with E-state index >= 15 is 0 Å². The van der Waals surface area contributed by atoms with Gasteiger partial charge in [0.1, 0.15) is 0 Å². The first-order valence-corrected chi connectivity index (χ1v) is 7.38. The zero-order chi connectivity index (χ0) is 13.1. The number of nitrogens with one attached hydrogen (secondary N) is 1. The Hall–Kier alpha value is -1.06. The second kappa shape index (κ2) is 5.51. The summed E-state index contributed by atoms with van der Waals surface area (Å²) in [6.07, 6.45) is 2.67. The van der Waals surface area contributed by atoms with Crippen LogP contribution in [-0.2, 0) is 11.3 Å². The van der Waals surface area contributed by atoms with Gasteiger partial charge in [-0.15, -0.1) is 0 Å². The van der Waals surface area contributed by atoms with Crippen molar-refractivity contribution in [2.75, 3.05) is 37.7 Å². The van der Waals surface area contributed by atoms with Gasteiger partial charge in [0.05, 0.1) is 13.2 Å². The van der Waals surface area contributed by atoms with E-state index in [9.17, 15) is 0 Å². The molecule has 2 heterocycles. The molecule has 2 saturated heterocycles. The van der Waals surface area contributed by atoms with E-state index in [4.69, 9.17) is 4.74 Å². The van der Waals surface area contributed by atoms with Crippen molar-refractivity contribution in [3.05, 3.63) is 29.8 Å². The van der Waals surface area contributed by atoms with E-state index in [2.05, 4.69) is 41.4 Å². The molecule has 3 nitrogen and oxygen atoms in total. The molecule has 3 rings (SSSR count). The average Bonchev–Trinajstić information content (AvgIpc) is 2.91. The number of hydrogen-bond acceptors (Lipinski definition) is 3. The summed E-state index contributed by atoms with van der Waals surface area (Å²) in [5.74, 6) is 0. The average molecular weight is 260 g/mol. The molecule has 0 saturated carbocycles. The van der Waals surface area contributed by atoms with E-state index < -0.39 is 0 Å². The van der Waals surface area contributed by atoms with Crippen LogP contribution in [0.1, 0.15) is 25.3 Å². The smallest absolute Gasteiger partial charge is 0.0554 e. The van der Waals surface area contributed by atoms with Crippen LogP contribution in [0.3, 0.4) is 0 Å². The molecule has 0 radical (unpaired) electrons. The third-order valence-electron chi connectivity index (χ3n) is 4.19. The number of anilines is 1. The maximum Gasteiger partial charge on any atom is 0.0554 e. The van der Waals surface area contributed by atoms with Crippen molar-refractivity contribution >= 4 is 5.69 Å². The van der Waals surface area contributed by atoms with E-state index in [0.717, 1.165) is 26.3 Å². The first-order valence-electron chi connectivity index (χ1n) is 7.38. The Morgan fingerprint density at radius 2 is 1.84 bits per heavy atom. The first-order chi connectivity index (χ1) is 9.25. The maximum absolute atomic E-state index is 5.27. The summed E-state index contributed by atoms with van der Waals surface area (Å²) in [6.45, 7) is 8.50. The molecule has 0 unspecified atom stereocenters. The van der Waals surface area contributed by atoms with Crippen molar-refractivity contribution in [1.82, 2.24) is 5.32 Å². The van der Waals surface area contributed by atoms with E-state index in [1.54, 1.807) is 0 Å². The van der Waals surface area contributed by atoms with Gasteiger partial charge in [-0.05, 0) is 30.5 Å². The highest BCUT2D eigenvalue weighted by molar-refractivity contribution is 5.48. The molecule has 1 N–H and O–H groups in total. The minimum Gasteiger partial charge on any atom is -0.380 e. The maximum atomic E-state index is 5.27. The molecule has 0 atom stereocenters. The first kappa shape index (κ1) is 12.9. The number of benzene rings is 1. The molecule has 0 bridgehead atoms. The van der Waals surface area contributed by atoms with Crippen LogP contribution in [0.15, 0.2) is 24.3 Å². The summed E-state index contributed by atoms with van der Waals surface area (Å²) in [5.41, 5.74) is 3.10. The van der Waals surface area contributed by atoms with Crippen LogP contribution in [-0.4, -0.2) is 32.8 Å². The second-order valence-electron chi connectivity index (χ2n) is 6.27. The van der Waals surface area contributed by atoms with Gasteiger partial charge in [-0.1, -0.05) is 19.1 Å². The minimum atomic E-state index is 0.357. The Bertz CT molecular complexity index is 405. The Morgan fingerprint density at radius 3 is 2.42 bits per heavy atom. The lowest BCUT2D eigenvalue weighted by Crippen LogP contribution is -2.47. The molecule has 104 valence electrons. The molecular formula is C16H24N2O. The fraction of sp³-hybridized carbons (Fsp3) is 0.625. The molecule has 0 amide bonds. The molecule has 1 aromatic rings. The number of nitrogens with zero attached hydrogens (tertiary/aromatic N) is 1. The van der Waals surface area contributed by atoms with Gasteiger partial charge in [0.25, 0.3) is 0 Å². The van der Waals surface area contributed by atoms with Gasteiger partial charge in [-0.2, -0.15) is 0 Å². The lowest BCUT2D eigenvalue weighted by Gasteiger charge is -2.38. The third kappa shape index (κ3) is 3.10. The largest absolute Gasteiger partial charge is 0.380 e. The summed E-state index contributed by atoms with van der Waals surface area (Å²) in [4.78, 5) is 2.48. The summed E-state index contributed by atoms with van der Waals surface area (Å²) < 4.78 is 5.27. The zero-order valence-corrected chi connectivity index (χ0v) is 11.8. The molecule has 2 aliphatic heterocycles. The van der Waals surface area contributed by atoms with Gasteiger partial charge in [-0.3, -0.25) is 0 Å². The van der Waals surface area contributed by atoms with Crippen LogP contribution in [0, 0.1) is 5.41 Å². The van der Waals surface area contributed by atoms with Gasteiger partial charge in [0.2, 0.25) is 0 Å². The van der Waals surface area contributed by atoms with Crippen LogP contribution in [0.25, 0.3) is 0 Å². The second-order valence-corrected chi connectivity index (χ2v) is 6.27. The molecule has 1 aromatic carbocycles. The Kier molecular flexibility index (Phi) is 3.76. The topological polar surface area (TPSA) is 24.5 Å². The van der Waals surface area contributed by atoms with Crippen molar-refractivity contribution < 1.29 is 4.74 Å². The molecule has 2 aliphatic rings. The lowest BCUT2D eigenvalue weighted by atomic mass is 9.89. The predicted octanol–water partition coefficient (Wildman–Crippen LogP) is 2.41. The van der Waals surface area contributed by atoms with Crippen LogP contribution >= 0.6 is 0 Å². The highest BCUT2D eigenvalue weighted by Crippen LogP contribution is 2.25. The SMILES string of the molecule is CC1(CNCc2ccc(N3CCCC3)cc2)COC1. The van der Waals surface area contributed by atoms with E-state index in [1.807, 2.05) is 0 Å². The lowest BCUT2D eigenvalue weighted by molar-refractivity contribution is -0.0991. The Morgan fingerprint density at radius 1 is 1.16 bits per heavy atom. The molecule has 0 aromatic heterocycles. The summed E-state index contributed by atoms with van der Waals surface area (Å²) in [7, 11) is 0. The van der Waals surface area contributed by atoms with E-state index in [-0.39, 0.29) is 0 Å². The van der Waals surface area contributed by atoms with Crippen molar-refractivity contribution in [2.24, 2.45) is 5.41 Å². The quantitative estimate of drug-likeness (QED) is 0.880. The van der Waals surface area contributed by atoms with Gasteiger partial charge in [-0.25, -0.2) is 0 Å². The summed E-state index contributed by atoms with van der Waals surface area (Å²) >= 11 is 0. The van der Waals surface area contributed by atoms with Crippen molar-refractivity contribution in [2.45, 2.75) is 26.3 Å². The van der Waals surface area contributed by atoms with Crippen LogP contribution in [0.5, 0.6) is 0 Å².